The molecule has 0 amide bonds. The van der Waals surface area contributed by atoms with Gasteiger partial charge in [0.15, 0.2) is 0 Å². The van der Waals surface area contributed by atoms with Crippen molar-refractivity contribution in [2.24, 2.45) is 5.73 Å². The van der Waals surface area contributed by atoms with Crippen molar-refractivity contribution in [3.05, 3.63) is 83.9 Å². The summed E-state index contributed by atoms with van der Waals surface area (Å²) in [7, 11) is 0. The van der Waals surface area contributed by atoms with Crippen molar-refractivity contribution >= 4 is 0 Å². The molecule has 106 valence electrons. The zero-order valence-corrected chi connectivity index (χ0v) is 12.1. The van der Waals surface area contributed by atoms with Crippen LogP contribution in [-0.2, 0) is 6.42 Å². The van der Waals surface area contributed by atoms with Gasteiger partial charge in [-0.3, -0.25) is 0 Å². The van der Waals surface area contributed by atoms with Crippen molar-refractivity contribution in [3.8, 4) is 5.69 Å². The molecule has 0 saturated carbocycles. The molecule has 2 aromatic carbocycles. The molecule has 1 unspecified atom stereocenters. The van der Waals surface area contributed by atoms with E-state index in [0.717, 1.165) is 23.4 Å². The van der Waals surface area contributed by atoms with Crippen LogP contribution in [-0.4, -0.2) is 9.55 Å². The first kappa shape index (κ1) is 13.6. The van der Waals surface area contributed by atoms with Crippen LogP contribution in [0.4, 0.5) is 0 Å². The molecule has 0 spiro atoms. The van der Waals surface area contributed by atoms with Crippen molar-refractivity contribution in [3.63, 3.8) is 0 Å². The van der Waals surface area contributed by atoms with Crippen molar-refractivity contribution in [2.45, 2.75) is 19.4 Å². The fourth-order valence-electron chi connectivity index (χ4n) is 2.51. The minimum Gasteiger partial charge on any atom is -0.319 e. The van der Waals surface area contributed by atoms with Crippen LogP contribution in [0.15, 0.2) is 67.1 Å². The fraction of sp³-hybridized carbons (Fsp3) is 0.167. The lowest BCUT2D eigenvalue weighted by Gasteiger charge is -2.15. The summed E-state index contributed by atoms with van der Waals surface area (Å²) in [6.07, 6.45) is 4.69. The molecule has 0 radical (unpaired) electrons. The van der Waals surface area contributed by atoms with Gasteiger partial charge in [-0.1, -0.05) is 49.4 Å². The Kier molecular flexibility index (Phi) is 3.84. The number of imidazole rings is 1. The lowest BCUT2D eigenvalue weighted by Crippen LogP contribution is -2.15. The smallest absolute Gasteiger partial charge is 0.0994 e. The zero-order chi connectivity index (χ0) is 14.7. The van der Waals surface area contributed by atoms with Gasteiger partial charge in [0.05, 0.1) is 24.3 Å². The zero-order valence-electron chi connectivity index (χ0n) is 12.1. The summed E-state index contributed by atoms with van der Waals surface area (Å²) in [6.45, 7) is 2.16. The van der Waals surface area contributed by atoms with Crippen LogP contribution >= 0.6 is 0 Å². The molecule has 21 heavy (non-hydrogen) atoms. The first-order valence-corrected chi connectivity index (χ1v) is 7.21. The molecule has 1 aromatic heterocycles. The number of hydrogen-bond donors (Lipinski definition) is 1. The topological polar surface area (TPSA) is 43.8 Å². The van der Waals surface area contributed by atoms with E-state index in [9.17, 15) is 0 Å². The highest BCUT2D eigenvalue weighted by Gasteiger charge is 2.14. The average Bonchev–Trinajstić information content (AvgIpc) is 3.04. The monoisotopic (exact) mass is 277 g/mol. The van der Waals surface area contributed by atoms with Gasteiger partial charge < -0.3 is 10.3 Å². The van der Waals surface area contributed by atoms with Crippen molar-refractivity contribution in [1.29, 1.82) is 0 Å². The van der Waals surface area contributed by atoms with Crippen molar-refractivity contribution < 1.29 is 0 Å². The van der Waals surface area contributed by atoms with Crippen LogP contribution in [0, 0.1) is 0 Å². The Labute approximate surface area is 125 Å². The molecule has 0 aliphatic carbocycles. The molecule has 1 atom stereocenters. The van der Waals surface area contributed by atoms with Gasteiger partial charge in [-0.2, -0.15) is 0 Å². The van der Waals surface area contributed by atoms with E-state index in [1.54, 1.807) is 0 Å². The summed E-state index contributed by atoms with van der Waals surface area (Å²) in [5, 5.41) is 0. The maximum absolute atomic E-state index is 6.41. The Bertz CT molecular complexity index is 716. The molecule has 3 aromatic rings. The Morgan fingerprint density at radius 2 is 1.90 bits per heavy atom. The van der Waals surface area contributed by atoms with E-state index in [1.807, 2.05) is 42.9 Å². The highest BCUT2D eigenvalue weighted by atomic mass is 15.1. The van der Waals surface area contributed by atoms with E-state index < -0.39 is 0 Å². The summed E-state index contributed by atoms with van der Waals surface area (Å²) >= 11 is 0. The number of hydrogen-bond acceptors (Lipinski definition) is 2. The second-order valence-electron chi connectivity index (χ2n) is 5.10. The van der Waals surface area contributed by atoms with Gasteiger partial charge in [0.1, 0.15) is 0 Å². The molecule has 0 aliphatic heterocycles. The normalized spacial score (nSPS) is 12.3. The van der Waals surface area contributed by atoms with E-state index in [-0.39, 0.29) is 6.04 Å². The van der Waals surface area contributed by atoms with Gasteiger partial charge in [-0.15, -0.1) is 0 Å². The first-order valence-electron chi connectivity index (χ1n) is 7.21. The van der Waals surface area contributed by atoms with Gasteiger partial charge in [0.25, 0.3) is 0 Å². The summed E-state index contributed by atoms with van der Waals surface area (Å²) in [6, 6.07) is 18.4. The summed E-state index contributed by atoms with van der Waals surface area (Å²) in [5.41, 5.74) is 10.9. The summed E-state index contributed by atoms with van der Waals surface area (Å²) in [4.78, 5) is 4.28. The largest absolute Gasteiger partial charge is 0.319 e. The Hall–Kier alpha value is -2.39. The number of nitrogens with two attached hydrogens (primary N) is 1. The first-order chi connectivity index (χ1) is 10.3. The van der Waals surface area contributed by atoms with E-state index in [4.69, 9.17) is 5.73 Å². The van der Waals surface area contributed by atoms with Crippen LogP contribution in [0.1, 0.15) is 29.8 Å². The summed E-state index contributed by atoms with van der Waals surface area (Å²) in [5.74, 6) is 0. The van der Waals surface area contributed by atoms with Gasteiger partial charge in [0.2, 0.25) is 0 Å². The van der Waals surface area contributed by atoms with Gasteiger partial charge in [-0.25, -0.2) is 4.98 Å². The van der Waals surface area contributed by atoms with Crippen LogP contribution in [0.25, 0.3) is 5.69 Å². The molecule has 2 N–H and O–H groups in total. The van der Waals surface area contributed by atoms with Crippen LogP contribution < -0.4 is 5.73 Å². The third-order valence-corrected chi connectivity index (χ3v) is 3.74. The highest BCUT2D eigenvalue weighted by Crippen LogP contribution is 2.22. The predicted octanol–water partition coefficient (Wildman–Crippen LogP) is 3.48. The van der Waals surface area contributed by atoms with E-state index >= 15 is 0 Å². The quantitative estimate of drug-likeness (QED) is 0.793. The van der Waals surface area contributed by atoms with Crippen LogP contribution in [0.3, 0.4) is 0 Å². The van der Waals surface area contributed by atoms with Gasteiger partial charge in [0, 0.05) is 5.69 Å². The molecule has 0 fully saturated rings. The molecule has 3 heteroatoms. The molecule has 0 bridgehead atoms. The third-order valence-electron chi connectivity index (χ3n) is 3.74. The second-order valence-corrected chi connectivity index (χ2v) is 5.10. The molecule has 3 rings (SSSR count). The molecule has 3 nitrogen and oxygen atoms in total. The maximum atomic E-state index is 6.41. The standard InChI is InChI=1S/C18H19N3/c1-2-14-7-6-10-16(11-14)21-13-20-12-17(21)18(19)15-8-4-3-5-9-15/h3-13,18H,2,19H2,1H3. The number of benzene rings is 2. The molecular formula is C18H19N3. The Morgan fingerprint density at radius 3 is 2.67 bits per heavy atom. The second kappa shape index (κ2) is 5.94. The van der Waals surface area contributed by atoms with Crippen LogP contribution in [0.5, 0.6) is 0 Å². The molecule has 0 aliphatic rings. The molecule has 1 heterocycles. The third kappa shape index (κ3) is 2.73. The SMILES string of the molecule is CCc1cccc(-n2cncc2C(N)c2ccccc2)c1. The predicted molar refractivity (Wildman–Crippen MR) is 85.4 cm³/mol. The van der Waals surface area contributed by atoms with E-state index in [1.165, 1.54) is 5.56 Å². The van der Waals surface area contributed by atoms with E-state index in [0.29, 0.717) is 0 Å². The Balaban J connectivity index is 2.01. The van der Waals surface area contributed by atoms with Crippen LogP contribution in [0.2, 0.25) is 0 Å². The van der Waals surface area contributed by atoms with E-state index in [2.05, 4.69) is 40.7 Å². The maximum Gasteiger partial charge on any atom is 0.0994 e. The lowest BCUT2D eigenvalue weighted by molar-refractivity contribution is 0.793. The number of nitrogens with zero attached hydrogens (tertiary/aromatic N) is 2. The van der Waals surface area contributed by atoms with Gasteiger partial charge in [-0.05, 0) is 29.7 Å². The van der Waals surface area contributed by atoms with Crippen molar-refractivity contribution in [2.75, 3.05) is 0 Å². The van der Waals surface area contributed by atoms with Crippen molar-refractivity contribution in [1.82, 2.24) is 9.55 Å². The summed E-state index contributed by atoms with van der Waals surface area (Å²) < 4.78 is 2.07. The van der Waals surface area contributed by atoms with Gasteiger partial charge >= 0.3 is 0 Å². The lowest BCUT2D eigenvalue weighted by atomic mass is 10.0. The Morgan fingerprint density at radius 1 is 1.10 bits per heavy atom. The molecular weight excluding hydrogens is 258 g/mol. The minimum atomic E-state index is -0.181. The minimum absolute atomic E-state index is 0.181. The molecule has 0 saturated heterocycles. The average molecular weight is 277 g/mol. The number of aryl methyl sites for hydroxylation is 1. The number of rotatable bonds is 4. The highest BCUT2D eigenvalue weighted by molar-refractivity contribution is 5.39. The number of aromatic nitrogens is 2. The fourth-order valence-corrected chi connectivity index (χ4v) is 2.51.